The second-order valence-electron chi connectivity index (χ2n) is 8.85. The van der Waals surface area contributed by atoms with E-state index in [1.54, 1.807) is 18.2 Å². The summed E-state index contributed by atoms with van der Waals surface area (Å²) in [4.78, 5) is 28.9. The molecular formula is C28H33N3O5. The molecule has 1 N–H and O–H groups in total. The van der Waals surface area contributed by atoms with E-state index in [4.69, 9.17) is 14.2 Å². The van der Waals surface area contributed by atoms with E-state index in [0.29, 0.717) is 30.3 Å². The first kappa shape index (κ1) is 25.2. The average molecular weight is 492 g/mol. The lowest BCUT2D eigenvalue weighted by Crippen LogP contribution is -2.39. The number of amides is 2. The summed E-state index contributed by atoms with van der Waals surface area (Å²) in [5.74, 6) is 0.485. The lowest BCUT2D eigenvalue weighted by atomic mass is 10.1. The Morgan fingerprint density at radius 1 is 0.917 bits per heavy atom. The van der Waals surface area contributed by atoms with Gasteiger partial charge in [0, 0.05) is 48.4 Å². The number of nitrogens with zero attached hydrogens (tertiary/aromatic N) is 2. The van der Waals surface area contributed by atoms with E-state index in [2.05, 4.69) is 5.32 Å². The first-order chi connectivity index (χ1) is 17.5. The monoisotopic (exact) mass is 491 g/mol. The van der Waals surface area contributed by atoms with Crippen molar-refractivity contribution in [1.29, 1.82) is 0 Å². The molecule has 1 aliphatic heterocycles. The summed E-state index contributed by atoms with van der Waals surface area (Å²) in [6.07, 6.45) is 7.84. The van der Waals surface area contributed by atoms with Gasteiger partial charge in [0.1, 0.15) is 5.70 Å². The number of carbonyl (C=O) groups excluding carboxylic acids is 2. The maximum absolute atomic E-state index is 13.7. The molecule has 36 heavy (non-hydrogen) atoms. The number of fused-ring (bicyclic) bond motifs is 1. The highest BCUT2D eigenvalue weighted by Crippen LogP contribution is 2.38. The fraction of sp³-hybridized carbons (Fsp3) is 0.357. The Balaban J connectivity index is 1.74. The molecule has 0 unspecified atom stereocenters. The van der Waals surface area contributed by atoms with Crippen molar-refractivity contribution in [2.75, 3.05) is 34.4 Å². The van der Waals surface area contributed by atoms with Gasteiger partial charge in [-0.2, -0.15) is 0 Å². The Hall–Kier alpha value is -3.94. The number of aryl methyl sites for hydroxylation is 1. The zero-order valence-electron chi connectivity index (χ0n) is 21.3. The van der Waals surface area contributed by atoms with Crippen LogP contribution in [0.25, 0.3) is 17.0 Å². The normalized spacial score (nSPS) is 14.3. The van der Waals surface area contributed by atoms with Crippen molar-refractivity contribution in [1.82, 2.24) is 14.8 Å². The van der Waals surface area contributed by atoms with Crippen LogP contribution in [0.5, 0.6) is 17.2 Å². The highest BCUT2D eigenvalue weighted by atomic mass is 16.5. The fourth-order valence-corrected chi connectivity index (χ4v) is 4.65. The van der Waals surface area contributed by atoms with E-state index < -0.39 is 5.91 Å². The zero-order chi connectivity index (χ0) is 25.7. The largest absolute Gasteiger partial charge is 0.493 e. The molecule has 3 aromatic rings. The van der Waals surface area contributed by atoms with Gasteiger partial charge in [-0.1, -0.05) is 31.0 Å². The molecular weight excluding hydrogens is 458 g/mol. The molecule has 0 radical (unpaired) electrons. The van der Waals surface area contributed by atoms with Gasteiger partial charge < -0.3 is 29.0 Å². The molecule has 4 rings (SSSR count). The molecule has 1 aliphatic rings. The van der Waals surface area contributed by atoms with Crippen molar-refractivity contribution >= 4 is 28.8 Å². The van der Waals surface area contributed by atoms with E-state index in [-0.39, 0.29) is 17.2 Å². The maximum atomic E-state index is 13.7. The van der Waals surface area contributed by atoms with Crippen LogP contribution in [0.15, 0.2) is 48.3 Å². The van der Waals surface area contributed by atoms with Crippen molar-refractivity contribution in [3.63, 3.8) is 0 Å². The van der Waals surface area contributed by atoms with Gasteiger partial charge in [-0.05, 0) is 37.1 Å². The van der Waals surface area contributed by atoms with Crippen LogP contribution in [0.1, 0.15) is 41.6 Å². The van der Waals surface area contributed by atoms with Gasteiger partial charge in [0.05, 0.1) is 21.3 Å². The Labute approximate surface area is 211 Å². The molecule has 0 saturated carbocycles. The number of rotatable bonds is 7. The third kappa shape index (κ3) is 5.17. The Bertz CT molecular complexity index is 1260. The van der Waals surface area contributed by atoms with Crippen LogP contribution in [0.3, 0.4) is 0 Å². The van der Waals surface area contributed by atoms with Gasteiger partial charge in [-0.3, -0.25) is 9.59 Å². The highest BCUT2D eigenvalue weighted by Gasteiger charge is 2.24. The van der Waals surface area contributed by atoms with Gasteiger partial charge in [0.15, 0.2) is 11.5 Å². The number of hydrogen-bond donors (Lipinski definition) is 1. The quantitative estimate of drug-likeness (QED) is 0.496. The predicted octanol–water partition coefficient (Wildman–Crippen LogP) is 4.38. The van der Waals surface area contributed by atoms with Gasteiger partial charge in [0.25, 0.3) is 11.8 Å². The summed E-state index contributed by atoms with van der Waals surface area (Å²) in [7, 11) is 6.46. The number of nitrogens with one attached hydrogen (secondary N) is 1. The molecule has 2 aromatic carbocycles. The fourth-order valence-electron chi connectivity index (χ4n) is 4.65. The van der Waals surface area contributed by atoms with Crippen molar-refractivity contribution in [2.24, 2.45) is 7.05 Å². The molecule has 0 spiro atoms. The molecule has 1 aromatic heterocycles. The predicted molar refractivity (Wildman–Crippen MR) is 140 cm³/mol. The summed E-state index contributed by atoms with van der Waals surface area (Å²) in [6, 6.07) is 11.1. The smallest absolute Gasteiger partial charge is 0.270 e. The first-order valence-electron chi connectivity index (χ1n) is 12.1. The minimum absolute atomic E-state index is 0.189. The molecule has 1 fully saturated rings. The summed E-state index contributed by atoms with van der Waals surface area (Å²) < 4.78 is 18.2. The van der Waals surface area contributed by atoms with Crippen molar-refractivity contribution in [3.05, 3.63) is 59.4 Å². The molecule has 190 valence electrons. The van der Waals surface area contributed by atoms with E-state index >= 15 is 0 Å². The summed E-state index contributed by atoms with van der Waals surface area (Å²) in [6.45, 7) is 1.34. The third-order valence-corrected chi connectivity index (χ3v) is 6.53. The van der Waals surface area contributed by atoms with Crippen LogP contribution in [0, 0.1) is 0 Å². The topological polar surface area (TPSA) is 82.0 Å². The molecule has 8 heteroatoms. The van der Waals surface area contributed by atoms with E-state index in [1.165, 1.54) is 21.3 Å². The highest BCUT2D eigenvalue weighted by molar-refractivity contribution is 6.07. The lowest BCUT2D eigenvalue weighted by molar-refractivity contribution is -0.127. The Kier molecular flexibility index (Phi) is 7.83. The van der Waals surface area contributed by atoms with Gasteiger partial charge in [0.2, 0.25) is 5.75 Å². The van der Waals surface area contributed by atoms with Gasteiger partial charge in [-0.15, -0.1) is 0 Å². The maximum Gasteiger partial charge on any atom is 0.270 e. The van der Waals surface area contributed by atoms with Gasteiger partial charge in [-0.25, -0.2) is 0 Å². The number of hydrogen-bond acceptors (Lipinski definition) is 5. The molecule has 1 saturated heterocycles. The molecule has 0 atom stereocenters. The number of ether oxygens (including phenoxy) is 3. The van der Waals surface area contributed by atoms with E-state index in [9.17, 15) is 9.59 Å². The Morgan fingerprint density at radius 3 is 2.17 bits per heavy atom. The first-order valence-corrected chi connectivity index (χ1v) is 12.1. The summed E-state index contributed by atoms with van der Waals surface area (Å²) >= 11 is 0. The number of aromatic nitrogens is 1. The summed E-state index contributed by atoms with van der Waals surface area (Å²) in [5.41, 5.74) is 2.42. The number of carbonyl (C=O) groups is 2. The average Bonchev–Trinajstić information content (AvgIpc) is 3.06. The molecule has 0 aliphatic carbocycles. The van der Waals surface area contributed by atoms with Crippen molar-refractivity contribution in [2.45, 2.75) is 25.7 Å². The van der Waals surface area contributed by atoms with Gasteiger partial charge >= 0.3 is 0 Å². The van der Waals surface area contributed by atoms with Crippen molar-refractivity contribution in [3.8, 4) is 17.2 Å². The van der Waals surface area contributed by atoms with Crippen LogP contribution < -0.4 is 19.5 Å². The van der Waals surface area contributed by atoms with Crippen molar-refractivity contribution < 1.29 is 23.8 Å². The molecule has 8 nitrogen and oxygen atoms in total. The second kappa shape index (κ2) is 11.2. The standard InChI is InChI=1S/C28H33N3O5/c1-30-18-20(21-11-7-8-12-23(21)30)15-22(28(33)31-13-9-5-6-10-14-31)29-27(32)19-16-24(34-2)26(36-4)25(17-19)35-3/h7-8,11-12,15-18H,5-6,9-10,13-14H2,1-4H3,(H,29,32). The minimum atomic E-state index is -0.441. The van der Waals surface area contributed by atoms with E-state index in [0.717, 1.165) is 42.1 Å². The summed E-state index contributed by atoms with van der Waals surface area (Å²) in [5, 5.41) is 3.89. The number of methoxy groups -OCH3 is 3. The Morgan fingerprint density at radius 2 is 1.56 bits per heavy atom. The SMILES string of the molecule is COc1cc(C(=O)NC(=Cc2cn(C)c3ccccc23)C(=O)N2CCCCCC2)cc(OC)c1OC. The van der Waals surface area contributed by atoms with Crippen LogP contribution in [-0.2, 0) is 11.8 Å². The minimum Gasteiger partial charge on any atom is -0.493 e. The molecule has 2 amide bonds. The van der Waals surface area contributed by atoms with Crippen LogP contribution in [-0.4, -0.2) is 55.7 Å². The number of para-hydroxylation sites is 1. The van der Waals surface area contributed by atoms with Crippen LogP contribution in [0.2, 0.25) is 0 Å². The second-order valence-corrected chi connectivity index (χ2v) is 8.85. The number of benzene rings is 2. The molecule has 2 heterocycles. The van der Waals surface area contributed by atoms with Crippen LogP contribution in [0.4, 0.5) is 0 Å². The third-order valence-electron chi connectivity index (χ3n) is 6.53. The lowest BCUT2D eigenvalue weighted by Gasteiger charge is -2.22. The van der Waals surface area contributed by atoms with E-state index in [1.807, 2.05) is 47.0 Å². The number of likely N-dealkylation sites (tertiary alicyclic amines) is 1. The van der Waals surface area contributed by atoms with Crippen LogP contribution >= 0.6 is 0 Å². The molecule has 0 bridgehead atoms. The zero-order valence-corrected chi connectivity index (χ0v) is 21.3.